The second-order valence-electron chi connectivity index (χ2n) is 7.82. The first-order valence-corrected chi connectivity index (χ1v) is 11.7. The fraction of sp³-hybridized carbons (Fsp3) is 0.450. The number of piperidine rings is 1. The van der Waals surface area contributed by atoms with E-state index in [4.69, 9.17) is 0 Å². The van der Waals surface area contributed by atoms with Crippen LogP contribution >= 0.6 is 0 Å². The highest BCUT2D eigenvalue weighted by Gasteiger charge is 2.30. The van der Waals surface area contributed by atoms with E-state index in [1.807, 2.05) is 0 Å². The van der Waals surface area contributed by atoms with Crippen LogP contribution in [0.15, 0.2) is 29.1 Å². The predicted molar refractivity (Wildman–Crippen MR) is 108 cm³/mol. The molecule has 1 atom stereocenters. The first-order chi connectivity index (χ1) is 14.2. The number of sulfonamides is 1. The summed E-state index contributed by atoms with van der Waals surface area (Å²) in [5.74, 6) is -0.158. The molecule has 1 amide bonds. The summed E-state index contributed by atoms with van der Waals surface area (Å²) in [5, 5.41) is 0. The number of nitrogens with one attached hydrogen (secondary N) is 1. The third kappa shape index (κ3) is 4.15. The first-order valence-electron chi connectivity index (χ1n) is 9.84. The Hall–Kier alpha value is -2.59. The Morgan fingerprint density at radius 1 is 1.23 bits per heavy atom. The quantitative estimate of drug-likeness (QED) is 0.783. The number of benzene rings is 1. The molecule has 0 bridgehead atoms. The third-order valence-electron chi connectivity index (χ3n) is 5.71. The van der Waals surface area contributed by atoms with Gasteiger partial charge in [-0.3, -0.25) is 9.59 Å². The predicted octanol–water partition coefficient (Wildman–Crippen LogP) is 1.25. The van der Waals surface area contributed by atoms with E-state index < -0.39 is 15.8 Å². The molecule has 1 aromatic heterocycles. The fourth-order valence-corrected chi connectivity index (χ4v) is 4.84. The number of carbonyl (C=O) groups excluding carboxylic acids is 1. The van der Waals surface area contributed by atoms with Gasteiger partial charge in [-0.25, -0.2) is 17.8 Å². The summed E-state index contributed by atoms with van der Waals surface area (Å²) >= 11 is 0. The molecule has 1 unspecified atom stereocenters. The standard InChI is InChI=1S/C20H23FN4O4S/c1-30(28,29)25-10-8-17-16(12-25)19(26)23-18(22-17)14-3-2-9-24(11-14)20(27)13-4-6-15(21)7-5-13/h4-7,14H,2-3,8-12H2,1H3,(H,22,23,26). The van der Waals surface area contributed by atoms with E-state index >= 15 is 0 Å². The van der Waals surface area contributed by atoms with Gasteiger partial charge in [0.2, 0.25) is 10.0 Å². The number of H-pyrrole nitrogens is 1. The lowest BCUT2D eigenvalue weighted by molar-refractivity contribution is 0.0704. The molecule has 1 N–H and O–H groups in total. The Morgan fingerprint density at radius 3 is 2.67 bits per heavy atom. The Morgan fingerprint density at radius 2 is 1.97 bits per heavy atom. The van der Waals surface area contributed by atoms with E-state index in [-0.39, 0.29) is 23.9 Å². The molecule has 2 aliphatic rings. The fourth-order valence-electron chi connectivity index (χ4n) is 4.06. The molecular weight excluding hydrogens is 411 g/mol. The number of halogens is 1. The van der Waals surface area contributed by atoms with Crippen LogP contribution in [0.3, 0.4) is 0 Å². The molecule has 3 heterocycles. The Labute approximate surface area is 173 Å². The van der Waals surface area contributed by atoms with Gasteiger partial charge in [0, 0.05) is 44.1 Å². The summed E-state index contributed by atoms with van der Waals surface area (Å²) in [4.78, 5) is 34.5. The van der Waals surface area contributed by atoms with Gasteiger partial charge >= 0.3 is 0 Å². The van der Waals surface area contributed by atoms with Gasteiger partial charge in [0.25, 0.3) is 11.5 Å². The van der Waals surface area contributed by atoms with E-state index in [0.29, 0.717) is 48.7 Å². The van der Waals surface area contributed by atoms with Crippen LogP contribution in [0.1, 0.15) is 46.2 Å². The summed E-state index contributed by atoms with van der Waals surface area (Å²) in [6.45, 7) is 1.32. The Kier molecular flexibility index (Phi) is 5.46. The topological polar surface area (TPSA) is 103 Å². The molecule has 30 heavy (non-hydrogen) atoms. The zero-order chi connectivity index (χ0) is 21.5. The lowest BCUT2D eigenvalue weighted by Gasteiger charge is -2.33. The molecule has 1 aromatic carbocycles. The summed E-state index contributed by atoms with van der Waals surface area (Å²) in [7, 11) is -3.38. The number of likely N-dealkylation sites (tertiary alicyclic amines) is 1. The minimum absolute atomic E-state index is 0.0244. The van der Waals surface area contributed by atoms with Gasteiger partial charge in [-0.2, -0.15) is 4.31 Å². The molecule has 0 saturated carbocycles. The number of nitrogens with zero attached hydrogens (tertiary/aromatic N) is 3. The van der Waals surface area contributed by atoms with Crippen molar-refractivity contribution < 1.29 is 17.6 Å². The van der Waals surface area contributed by atoms with Crippen molar-refractivity contribution >= 4 is 15.9 Å². The van der Waals surface area contributed by atoms with Crippen molar-refractivity contribution in [1.82, 2.24) is 19.2 Å². The van der Waals surface area contributed by atoms with Crippen molar-refractivity contribution in [1.29, 1.82) is 0 Å². The second-order valence-corrected chi connectivity index (χ2v) is 9.80. The van der Waals surface area contributed by atoms with Gasteiger partial charge < -0.3 is 9.88 Å². The number of amides is 1. The van der Waals surface area contributed by atoms with Gasteiger partial charge in [-0.05, 0) is 37.1 Å². The third-order valence-corrected chi connectivity index (χ3v) is 6.96. The molecule has 10 heteroatoms. The van der Waals surface area contributed by atoms with Crippen LogP contribution in [-0.4, -0.2) is 59.4 Å². The van der Waals surface area contributed by atoms with Crippen molar-refractivity contribution in [3.05, 3.63) is 63.1 Å². The van der Waals surface area contributed by atoms with Crippen LogP contribution in [0.4, 0.5) is 4.39 Å². The molecule has 1 fully saturated rings. The summed E-state index contributed by atoms with van der Waals surface area (Å²) in [5.41, 5.74) is 1.09. The number of rotatable bonds is 3. The van der Waals surface area contributed by atoms with Gasteiger partial charge in [0.15, 0.2) is 0 Å². The highest BCUT2D eigenvalue weighted by molar-refractivity contribution is 7.88. The molecule has 0 spiro atoms. The molecule has 2 aromatic rings. The summed E-state index contributed by atoms with van der Waals surface area (Å²) in [6.07, 6.45) is 3.05. The van der Waals surface area contributed by atoms with E-state index in [0.717, 1.165) is 19.1 Å². The van der Waals surface area contributed by atoms with Gasteiger partial charge in [-0.15, -0.1) is 0 Å². The number of fused-ring (bicyclic) bond motifs is 1. The van der Waals surface area contributed by atoms with E-state index in [2.05, 4.69) is 9.97 Å². The summed E-state index contributed by atoms with van der Waals surface area (Å²) in [6, 6.07) is 5.45. The number of hydrogen-bond acceptors (Lipinski definition) is 5. The Bertz CT molecular complexity index is 1130. The highest BCUT2D eigenvalue weighted by atomic mass is 32.2. The van der Waals surface area contributed by atoms with Crippen molar-refractivity contribution in [2.45, 2.75) is 31.7 Å². The smallest absolute Gasteiger partial charge is 0.255 e. The monoisotopic (exact) mass is 434 g/mol. The first kappa shape index (κ1) is 20.7. The normalized spacial score (nSPS) is 20.1. The molecular formula is C20H23FN4O4S. The lowest BCUT2D eigenvalue weighted by atomic mass is 9.96. The highest BCUT2D eigenvalue weighted by Crippen LogP contribution is 2.26. The van der Waals surface area contributed by atoms with Crippen LogP contribution < -0.4 is 5.56 Å². The molecule has 0 radical (unpaired) electrons. The van der Waals surface area contributed by atoms with Crippen LogP contribution in [-0.2, 0) is 23.0 Å². The minimum Gasteiger partial charge on any atom is -0.338 e. The van der Waals surface area contributed by atoms with E-state index in [9.17, 15) is 22.4 Å². The maximum Gasteiger partial charge on any atom is 0.255 e. The maximum absolute atomic E-state index is 13.1. The van der Waals surface area contributed by atoms with Crippen LogP contribution in [0.2, 0.25) is 0 Å². The largest absolute Gasteiger partial charge is 0.338 e. The van der Waals surface area contributed by atoms with Crippen LogP contribution in [0.25, 0.3) is 0 Å². The number of hydrogen-bond donors (Lipinski definition) is 1. The SMILES string of the molecule is CS(=O)(=O)N1CCc2nc(C3CCCN(C(=O)c4ccc(F)cc4)C3)[nH]c(=O)c2C1. The molecule has 0 aliphatic carbocycles. The number of carbonyl (C=O) groups is 1. The average molecular weight is 434 g/mol. The van der Waals surface area contributed by atoms with Crippen molar-refractivity contribution in [2.24, 2.45) is 0 Å². The molecule has 160 valence electrons. The van der Waals surface area contributed by atoms with E-state index in [1.54, 1.807) is 4.90 Å². The van der Waals surface area contributed by atoms with Crippen molar-refractivity contribution in [2.75, 3.05) is 25.9 Å². The van der Waals surface area contributed by atoms with Crippen LogP contribution in [0.5, 0.6) is 0 Å². The van der Waals surface area contributed by atoms with E-state index in [1.165, 1.54) is 28.6 Å². The molecule has 1 saturated heterocycles. The number of aromatic amines is 1. The van der Waals surface area contributed by atoms with Gasteiger partial charge in [0.1, 0.15) is 11.6 Å². The molecule has 8 nitrogen and oxygen atoms in total. The zero-order valence-corrected chi connectivity index (χ0v) is 17.4. The maximum atomic E-state index is 13.1. The van der Waals surface area contributed by atoms with Crippen molar-refractivity contribution in [3.63, 3.8) is 0 Å². The molecule has 4 rings (SSSR count). The summed E-state index contributed by atoms with van der Waals surface area (Å²) < 4.78 is 38.0. The second kappa shape index (κ2) is 7.92. The van der Waals surface area contributed by atoms with Crippen LogP contribution in [0, 0.1) is 5.82 Å². The van der Waals surface area contributed by atoms with Gasteiger partial charge in [-0.1, -0.05) is 0 Å². The van der Waals surface area contributed by atoms with Gasteiger partial charge in [0.05, 0.1) is 17.5 Å². The zero-order valence-electron chi connectivity index (χ0n) is 16.6. The molecule has 2 aliphatic heterocycles. The Balaban J connectivity index is 1.54. The van der Waals surface area contributed by atoms with Crippen molar-refractivity contribution in [3.8, 4) is 0 Å². The minimum atomic E-state index is -3.38. The average Bonchev–Trinajstić information content (AvgIpc) is 2.73. The lowest BCUT2D eigenvalue weighted by Crippen LogP contribution is -2.41. The number of aromatic nitrogens is 2.